The average molecular weight is 386 g/mol. The van der Waals surface area contributed by atoms with E-state index in [1.165, 1.54) is 23.5 Å². The molecule has 0 radical (unpaired) electrons. The number of anilines is 1. The molecule has 27 heavy (non-hydrogen) atoms. The summed E-state index contributed by atoms with van der Waals surface area (Å²) in [6.45, 7) is 5.95. The van der Waals surface area contributed by atoms with Crippen LogP contribution in [0.15, 0.2) is 35.7 Å². The third-order valence-corrected chi connectivity index (χ3v) is 5.15. The SMILES string of the molecule is CC.O=C(c1nc(NCc2cccc(F)c2)nc2ccsc12)N1CCCC1. The van der Waals surface area contributed by atoms with E-state index in [1.54, 1.807) is 6.07 Å². The van der Waals surface area contributed by atoms with Crippen molar-refractivity contribution in [1.82, 2.24) is 14.9 Å². The largest absolute Gasteiger partial charge is 0.350 e. The molecule has 0 aliphatic carbocycles. The van der Waals surface area contributed by atoms with Gasteiger partial charge in [-0.3, -0.25) is 4.79 Å². The second kappa shape index (κ2) is 8.90. The molecule has 1 N–H and O–H groups in total. The van der Waals surface area contributed by atoms with Crippen LogP contribution in [0.25, 0.3) is 10.2 Å². The Kier molecular flexibility index (Phi) is 6.34. The molecule has 3 aromatic rings. The first-order valence-electron chi connectivity index (χ1n) is 9.23. The number of aromatic nitrogens is 2. The van der Waals surface area contributed by atoms with Crippen LogP contribution in [0.4, 0.5) is 10.3 Å². The van der Waals surface area contributed by atoms with E-state index in [0.717, 1.165) is 41.7 Å². The fraction of sp³-hybridized carbons (Fsp3) is 0.350. The van der Waals surface area contributed by atoms with E-state index in [2.05, 4.69) is 15.3 Å². The lowest BCUT2D eigenvalue weighted by Crippen LogP contribution is -2.28. The van der Waals surface area contributed by atoms with Crippen molar-refractivity contribution in [1.29, 1.82) is 0 Å². The van der Waals surface area contributed by atoms with Gasteiger partial charge in [0.2, 0.25) is 5.95 Å². The number of fused-ring (bicyclic) bond motifs is 1. The second-order valence-electron chi connectivity index (χ2n) is 6.01. The summed E-state index contributed by atoms with van der Waals surface area (Å²) in [6.07, 6.45) is 2.07. The Bertz CT molecular complexity index is 921. The van der Waals surface area contributed by atoms with Gasteiger partial charge in [-0.1, -0.05) is 26.0 Å². The van der Waals surface area contributed by atoms with Crippen LogP contribution < -0.4 is 5.32 Å². The Morgan fingerprint density at radius 2 is 2.00 bits per heavy atom. The van der Waals surface area contributed by atoms with E-state index < -0.39 is 0 Å². The molecule has 142 valence electrons. The molecule has 3 heterocycles. The highest BCUT2D eigenvalue weighted by Gasteiger charge is 2.24. The number of nitrogens with zero attached hydrogens (tertiary/aromatic N) is 3. The van der Waals surface area contributed by atoms with Crippen molar-refractivity contribution in [3.05, 3.63) is 52.8 Å². The van der Waals surface area contributed by atoms with E-state index in [0.29, 0.717) is 18.2 Å². The molecule has 1 aliphatic heterocycles. The monoisotopic (exact) mass is 386 g/mol. The zero-order chi connectivity index (χ0) is 19.2. The van der Waals surface area contributed by atoms with Crippen LogP contribution in [-0.4, -0.2) is 33.9 Å². The molecule has 0 unspecified atom stereocenters. The first-order chi connectivity index (χ1) is 13.2. The van der Waals surface area contributed by atoms with Crippen molar-refractivity contribution < 1.29 is 9.18 Å². The zero-order valence-corrected chi connectivity index (χ0v) is 16.4. The van der Waals surface area contributed by atoms with Gasteiger partial charge < -0.3 is 10.2 Å². The molecule has 5 nitrogen and oxygen atoms in total. The molecule has 1 aliphatic rings. The predicted molar refractivity (Wildman–Crippen MR) is 108 cm³/mol. The Hall–Kier alpha value is -2.54. The molecular formula is C20H23FN4OS. The minimum atomic E-state index is -0.279. The highest BCUT2D eigenvalue weighted by molar-refractivity contribution is 7.17. The lowest BCUT2D eigenvalue weighted by molar-refractivity contribution is 0.0789. The minimum absolute atomic E-state index is 0.0406. The smallest absolute Gasteiger partial charge is 0.274 e. The van der Waals surface area contributed by atoms with Crippen LogP contribution in [0.2, 0.25) is 0 Å². The predicted octanol–water partition coefficient (Wildman–Crippen LogP) is 4.70. The number of hydrogen-bond acceptors (Lipinski definition) is 5. The van der Waals surface area contributed by atoms with E-state index in [1.807, 2.05) is 36.3 Å². The molecule has 1 amide bonds. The summed E-state index contributed by atoms with van der Waals surface area (Å²) in [5.41, 5.74) is 1.99. The third kappa shape index (κ3) is 4.42. The van der Waals surface area contributed by atoms with Crippen molar-refractivity contribution in [3.8, 4) is 0 Å². The van der Waals surface area contributed by atoms with E-state index >= 15 is 0 Å². The molecule has 4 rings (SSSR count). The number of rotatable bonds is 4. The summed E-state index contributed by atoms with van der Waals surface area (Å²) in [7, 11) is 0. The van der Waals surface area contributed by atoms with Gasteiger partial charge in [0.05, 0.1) is 10.2 Å². The van der Waals surface area contributed by atoms with Crippen molar-refractivity contribution in [3.63, 3.8) is 0 Å². The van der Waals surface area contributed by atoms with Gasteiger partial charge in [-0.15, -0.1) is 11.3 Å². The second-order valence-corrected chi connectivity index (χ2v) is 6.93. The number of nitrogens with one attached hydrogen (secondary N) is 1. The number of hydrogen-bond donors (Lipinski definition) is 1. The third-order valence-electron chi connectivity index (χ3n) is 4.24. The molecule has 7 heteroatoms. The van der Waals surface area contributed by atoms with Crippen LogP contribution in [0.3, 0.4) is 0 Å². The van der Waals surface area contributed by atoms with E-state index in [4.69, 9.17) is 0 Å². The van der Waals surface area contributed by atoms with Crippen LogP contribution in [-0.2, 0) is 6.54 Å². The quantitative estimate of drug-likeness (QED) is 0.706. The molecular weight excluding hydrogens is 363 g/mol. The maximum absolute atomic E-state index is 13.3. The Morgan fingerprint density at radius 3 is 2.74 bits per heavy atom. The summed E-state index contributed by atoms with van der Waals surface area (Å²) in [4.78, 5) is 23.6. The molecule has 0 bridgehead atoms. The number of benzene rings is 1. The highest BCUT2D eigenvalue weighted by atomic mass is 32.1. The standard InChI is InChI=1S/C18H17FN4OS.C2H6/c19-13-5-3-4-12(10-13)11-20-18-21-14-6-9-25-16(14)15(22-18)17(24)23-7-1-2-8-23;1-2/h3-6,9-10H,1-2,7-8,11H2,(H,20,21,22);1-2H3. The highest BCUT2D eigenvalue weighted by Crippen LogP contribution is 2.26. The molecule has 1 fully saturated rings. The molecule has 0 saturated carbocycles. The van der Waals surface area contributed by atoms with Gasteiger partial charge in [-0.2, -0.15) is 0 Å². The summed E-state index contributed by atoms with van der Waals surface area (Å²) in [6, 6.07) is 8.25. The zero-order valence-electron chi connectivity index (χ0n) is 15.5. The van der Waals surface area contributed by atoms with Crippen LogP contribution >= 0.6 is 11.3 Å². The Balaban J connectivity index is 0.00000102. The Morgan fingerprint density at radius 1 is 1.22 bits per heavy atom. The number of amides is 1. The summed E-state index contributed by atoms with van der Waals surface area (Å²) >= 11 is 1.48. The summed E-state index contributed by atoms with van der Waals surface area (Å²) in [5, 5.41) is 5.01. The van der Waals surface area contributed by atoms with Crippen LogP contribution in [0.1, 0.15) is 42.7 Å². The minimum Gasteiger partial charge on any atom is -0.350 e. The fourth-order valence-corrected chi connectivity index (χ4v) is 3.80. The van der Waals surface area contributed by atoms with Gasteiger partial charge in [0, 0.05) is 19.6 Å². The maximum Gasteiger partial charge on any atom is 0.274 e. The molecule has 2 aromatic heterocycles. The number of carbonyl (C=O) groups is 1. The number of halogens is 1. The Labute approximate surface area is 162 Å². The number of thiophene rings is 1. The first kappa shape index (κ1) is 19.2. The van der Waals surface area contributed by atoms with Crippen LogP contribution in [0.5, 0.6) is 0 Å². The van der Waals surface area contributed by atoms with E-state index in [-0.39, 0.29) is 11.7 Å². The molecule has 0 atom stereocenters. The average Bonchev–Trinajstić information content (AvgIpc) is 3.38. The fourth-order valence-electron chi connectivity index (χ4n) is 2.99. The number of likely N-dealkylation sites (tertiary alicyclic amines) is 1. The van der Waals surface area contributed by atoms with Crippen molar-refractivity contribution >= 4 is 33.4 Å². The molecule has 0 spiro atoms. The van der Waals surface area contributed by atoms with Gasteiger partial charge in [0.25, 0.3) is 5.91 Å². The first-order valence-corrected chi connectivity index (χ1v) is 10.1. The lowest BCUT2D eigenvalue weighted by atomic mass is 10.2. The molecule has 1 saturated heterocycles. The maximum atomic E-state index is 13.3. The summed E-state index contributed by atoms with van der Waals surface area (Å²) < 4.78 is 14.1. The van der Waals surface area contributed by atoms with Gasteiger partial charge in [-0.25, -0.2) is 14.4 Å². The van der Waals surface area contributed by atoms with Gasteiger partial charge in [-0.05, 0) is 42.0 Å². The van der Waals surface area contributed by atoms with E-state index in [9.17, 15) is 9.18 Å². The van der Waals surface area contributed by atoms with Crippen molar-refractivity contribution in [2.24, 2.45) is 0 Å². The topological polar surface area (TPSA) is 58.1 Å². The van der Waals surface area contributed by atoms with Gasteiger partial charge in [0.15, 0.2) is 5.69 Å². The summed E-state index contributed by atoms with van der Waals surface area (Å²) in [5.74, 6) is 0.0669. The lowest BCUT2D eigenvalue weighted by Gasteiger charge is -2.15. The number of carbonyl (C=O) groups excluding carboxylic acids is 1. The van der Waals surface area contributed by atoms with Crippen molar-refractivity contribution in [2.45, 2.75) is 33.2 Å². The van der Waals surface area contributed by atoms with Crippen LogP contribution in [0, 0.1) is 5.82 Å². The van der Waals surface area contributed by atoms with Gasteiger partial charge in [0.1, 0.15) is 5.82 Å². The molecule has 1 aromatic carbocycles. The van der Waals surface area contributed by atoms with Crippen molar-refractivity contribution in [2.75, 3.05) is 18.4 Å². The van der Waals surface area contributed by atoms with Gasteiger partial charge >= 0.3 is 0 Å². The normalized spacial score (nSPS) is 13.4.